The zero-order chi connectivity index (χ0) is 16.4. The van der Waals surface area contributed by atoms with Crippen molar-refractivity contribution in [2.75, 3.05) is 30.8 Å². The predicted molar refractivity (Wildman–Crippen MR) is 91.6 cm³/mol. The summed E-state index contributed by atoms with van der Waals surface area (Å²) < 4.78 is 24.7. The van der Waals surface area contributed by atoms with Crippen molar-refractivity contribution in [2.45, 2.75) is 19.3 Å². The highest BCUT2D eigenvalue weighted by Gasteiger charge is 2.32. The molecule has 2 aliphatic heterocycles. The molecule has 1 amide bonds. The maximum Gasteiger partial charge on any atom is 0.230 e. The van der Waals surface area contributed by atoms with Gasteiger partial charge in [0.15, 0.2) is 0 Å². The number of nitrogens with zero attached hydrogens (tertiary/aromatic N) is 2. The van der Waals surface area contributed by atoms with Gasteiger partial charge in [-0.25, -0.2) is 12.7 Å². The van der Waals surface area contributed by atoms with E-state index in [2.05, 4.69) is 12.2 Å². The van der Waals surface area contributed by atoms with E-state index in [9.17, 15) is 13.2 Å². The van der Waals surface area contributed by atoms with Crippen molar-refractivity contribution in [3.8, 4) is 0 Å². The van der Waals surface area contributed by atoms with Crippen molar-refractivity contribution in [1.82, 2.24) is 4.31 Å². The van der Waals surface area contributed by atoms with Gasteiger partial charge in [-0.2, -0.15) is 0 Å². The molecule has 6 heteroatoms. The van der Waals surface area contributed by atoms with Gasteiger partial charge in [-0.1, -0.05) is 30.4 Å². The van der Waals surface area contributed by atoms with Crippen molar-refractivity contribution >= 4 is 27.7 Å². The Hall–Kier alpha value is -1.66. The topological polar surface area (TPSA) is 57.7 Å². The van der Waals surface area contributed by atoms with Crippen LogP contribution in [0.25, 0.3) is 6.08 Å². The molecule has 2 aliphatic rings. The number of para-hydroxylation sites is 1. The average molecular weight is 334 g/mol. The highest BCUT2D eigenvalue weighted by Crippen LogP contribution is 2.29. The number of piperidine rings is 1. The average Bonchev–Trinajstić information content (AvgIpc) is 2.76. The number of anilines is 1. The van der Waals surface area contributed by atoms with Gasteiger partial charge < -0.3 is 4.90 Å². The Morgan fingerprint density at radius 2 is 1.83 bits per heavy atom. The molecule has 0 bridgehead atoms. The van der Waals surface area contributed by atoms with Crippen LogP contribution in [0.15, 0.2) is 30.3 Å². The Kier molecular flexibility index (Phi) is 4.55. The molecule has 2 heterocycles. The minimum absolute atomic E-state index is 0.0980. The molecule has 0 N–H and O–H groups in total. The maximum atomic E-state index is 13.0. The van der Waals surface area contributed by atoms with E-state index >= 15 is 0 Å². The smallest absolute Gasteiger partial charge is 0.230 e. The maximum absolute atomic E-state index is 13.0. The fourth-order valence-corrected chi connectivity index (χ4v) is 4.17. The first kappa shape index (κ1) is 16.2. The van der Waals surface area contributed by atoms with Gasteiger partial charge >= 0.3 is 0 Å². The third-order valence-electron chi connectivity index (χ3n) is 4.58. The molecule has 124 valence electrons. The summed E-state index contributed by atoms with van der Waals surface area (Å²) in [6.45, 7) is 1.55. The van der Waals surface area contributed by atoms with Crippen LogP contribution in [0.3, 0.4) is 0 Å². The van der Waals surface area contributed by atoms with E-state index in [0.717, 1.165) is 17.7 Å². The molecule has 1 saturated heterocycles. The third kappa shape index (κ3) is 3.48. The Morgan fingerprint density at radius 3 is 2.52 bits per heavy atom. The van der Waals surface area contributed by atoms with E-state index in [1.165, 1.54) is 10.6 Å². The van der Waals surface area contributed by atoms with E-state index < -0.39 is 10.0 Å². The second kappa shape index (κ2) is 6.45. The van der Waals surface area contributed by atoms with E-state index in [-0.39, 0.29) is 11.8 Å². The number of amides is 1. The molecule has 0 saturated carbocycles. The lowest BCUT2D eigenvalue weighted by Gasteiger charge is -2.33. The third-order valence-corrected chi connectivity index (χ3v) is 5.89. The van der Waals surface area contributed by atoms with Gasteiger partial charge in [-0.3, -0.25) is 4.79 Å². The summed E-state index contributed by atoms with van der Waals surface area (Å²) in [6, 6.07) is 7.92. The van der Waals surface area contributed by atoms with Crippen molar-refractivity contribution in [1.29, 1.82) is 0 Å². The van der Waals surface area contributed by atoms with Gasteiger partial charge in [0.25, 0.3) is 0 Å². The van der Waals surface area contributed by atoms with Crippen LogP contribution >= 0.6 is 0 Å². The van der Waals surface area contributed by atoms with Gasteiger partial charge in [-0.15, -0.1) is 0 Å². The molecule has 3 rings (SSSR count). The molecular formula is C17H22N2O3S. The van der Waals surface area contributed by atoms with Crippen LogP contribution < -0.4 is 4.90 Å². The molecular weight excluding hydrogens is 312 g/mol. The van der Waals surface area contributed by atoms with Crippen LogP contribution in [-0.2, 0) is 14.8 Å². The number of carbonyl (C=O) groups is 1. The summed E-state index contributed by atoms with van der Waals surface area (Å²) in [5.41, 5.74) is 2.02. The van der Waals surface area contributed by atoms with E-state index in [4.69, 9.17) is 0 Å². The molecule has 5 nitrogen and oxygen atoms in total. The quantitative estimate of drug-likeness (QED) is 0.832. The first-order valence-electron chi connectivity index (χ1n) is 7.99. The summed E-state index contributed by atoms with van der Waals surface area (Å²) in [5.74, 6) is 0.0217. The standard InChI is InChI=1S/C17H22N2O3S/c1-23(21,22)18-12-9-15(10-13-18)17(20)19-11-5-4-7-14-6-2-3-8-16(14)19/h2-4,6-8,15H,5,9-13H2,1H3. The van der Waals surface area contributed by atoms with Crippen LogP contribution in [0.2, 0.25) is 0 Å². The largest absolute Gasteiger partial charge is 0.311 e. The first-order chi connectivity index (χ1) is 11.0. The minimum atomic E-state index is -3.16. The van der Waals surface area contributed by atoms with Gasteiger partial charge in [-0.05, 0) is 30.9 Å². The van der Waals surface area contributed by atoms with E-state index in [1.54, 1.807) is 0 Å². The Morgan fingerprint density at radius 1 is 1.13 bits per heavy atom. The summed E-state index contributed by atoms with van der Waals surface area (Å²) in [6.07, 6.45) is 7.41. The normalized spacial score (nSPS) is 20.1. The summed E-state index contributed by atoms with van der Waals surface area (Å²) in [4.78, 5) is 14.8. The molecule has 0 unspecified atom stereocenters. The van der Waals surface area contributed by atoms with E-state index in [1.807, 2.05) is 29.2 Å². The number of hydrogen-bond acceptors (Lipinski definition) is 3. The van der Waals surface area contributed by atoms with Gasteiger partial charge in [0.1, 0.15) is 0 Å². The lowest BCUT2D eigenvalue weighted by Crippen LogP contribution is -2.44. The number of rotatable bonds is 2. The van der Waals surface area contributed by atoms with Crippen LogP contribution in [0.1, 0.15) is 24.8 Å². The number of fused-ring (bicyclic) bond motifs is 1. The molecule has 0 aliphatic carbocycles. The van der Waals surface area contributed by atoms with Gasteiger partial charge in [0.2, 0.25) is 15.9 Å². The molecule has 0 atom stereocenters. The summed E-state index contributed by atoms with van der Waals surface area (Å²) >= 11 is 0. The van der Waals surface area contributed by atoms with Gasteiger partial charge in [0, 0.05) is 25.6 Å². The highest BCUT2D eigenvalue weighted by atomic mass is 32.2. The SMILES string of the molecule is CS(=O)(=O)N1CCC(C(=O)N2CCC=Cc3ccccc32)CC1. The van der Waals surface area contributed by atoms with Crippen LogP contribution in [-0.4, -0.2) is 44.5 Å². The van der Waals surface area contributed by atoms with E-state index in [0.29, 0.717) is 32.5 Å². The second-order valence-corrected chi connectivity index (χ2v) is 8.16. The fourth-order valence-electron chi connectivity index (χ4n) is 3.29. The lowest BCUT2D eigenvalue weighted by atomic mass is 9.96. The molecule has 1 aromatic rings. The predicted octanol–water partition coefficient (Wildman–Crippen LogP) is 2.11. The molecule has 1 fully saturated rings. The molecule has 0 aromatic heterocycles. The van der Waals surface area contributed by atoms with Crippen molar-refractivity contribution < 1.29 is 13.2 Å². The fraction of sp³-hybridized carbons (Fsp3) is 0.471. The van der Waals surface area contributed by atoms with Crippen LogP contribution in [0, 0.1) is 5.92 Å². The molecule has 0 radical (unpaired) electrons. The van der Waals surface area contributed by atoms with Gasteiger partial charge in [0.05, 0.1) is 11.9 Å². The monoisotopic (exact) mass is 334 g/mol. The van der Waals surface area contributed by atoms with Crippen molar-refractivity contribution in [3.63, 3.8) is 0 Å². The molecule has 0 spiro atoms. The first-order valence-corrected chi connectivity index (χ1v) is 9.84. The summed E-state index contributed by atoms with van der Waals surface area (Å²) in [7, 11) is -3.16. The number of benzene rings is 1. The number of hydrogen-bond donors (Lipinski definition) is 0. The van der Waals surface area contributed by atoms with Crippen LogP contribution in [0.5, 0.6) is 0 Å². The zero-order valence-corrected chi connectivity index (χ0v) is 14.1. The zero-order valence-electron chi connectivity index (χ0n) is 13.3. The van der Waals surface area contributed by atoms with Crippen LogP contribution in [0.4, 0.5) is 5.69 Å². The Bertz CT molecular complexity index is 719. The Labute approximate surface area is 137 Å². The van der Waals surface area contributed by atoms with Crippen molar-refractivity contribution in [2.24, 2.45) is 5.92 Å². The summed E-state index contributed by atoms with van der Waals surface area (Å²) in [5, 5.41) is 0. The Balaban J connectivity index is 1.75. The number of carbonyl (C=O) groups excluding carboxylic acids is 1. The molecule has 1 aromatic carbocycles. The lowest BCUT2D eigenvalue weighted by molar-refractivity contribution is -0.123. The second-order valence-electron chi connectivity index (χ2n) is 6.18. The van der Waals surface area contributed by atoms with Crippen molar-refractivity contribution in [3.05, 3.63) is 35.9 Å². The highest BCUT2D eigenvalue weighted by molar-refractivity contribution is 7.88. The minimum Gasteiger partial charge on any atom is -0.311 e. The molecule has 23 heavy (non-hydrogen) atoms. The number of sulfonamides is 1.